The largest absolute Gasteiger partial charge is 0.478 e. The Balaban J connectivity index is 1.46. The third-order valence-corrected chi connectivity index (χ3v) is 6.71. The van der Waals surface area contributed by atoms with Crippen LogP contribution in [0.3, 0.4) is 0 Å². The molecule has 0 radical (unpaired) electrons. The zero-order valence-corrected chi connectivity index (χ0v) is 20.7. The van der Waals surface area contributed by atoms with Crippen LogP contribution in [-0.2, 0) is 6.54 Å². The first-order chi connectivity index (χ1) is 18.6. The highest BCUT2D eigenvalue weighted by molar-refractivity contribution is 5.98. The molecule has 0 aliphatic carbocycles. The number of hydrogen-bond donors (Lipinski definition) is 1. The van der Waals surface area contributed by atoms with Gasteiger partial charge in [-0.15, -0.1) is 10.2 Å². The predicted molar refractivity (Wildman–Crippen MR) is 149 cm³/mol. The number of carbonyl (C=O) groups is 1. The van der Waals surface area contributed by atoms with Gasteiger partial charge >= 0.3 is 5.97 Å². The lowest BCUT2D eigenvalue weighted by Crippen LogP contribution is -2.04. The normalized spacial score (nSPS) is 11.1. The number of aryl methyl sites for hydroxylation is 1. The first-order valence-corrected chi connectivity index (χ1v) is 12.4. The van der Waals surface area contributed by atoms with Gasteiger partial charge < -0.3 is 9.67 Å². The number of aromatic nitrogens is 4. The van der Waals surface area contributed by atoms with Crippen molar-refractivity contribution < 1.29 is 9.90 Å². The zero-order chi connectivity index (χ0) is 26.1. The van der Waals surface area contributed by atoms with Gasteiger partial charge in [0.05, 0.1) is 11.1 Å². The van der Waals surface area contributed by atoms with Crippen molar-refractivity contribution in [1.82, 2.24) is 19.7 Å². The van der Waals surface area contributed by atoms with Crippen molar-refractivity contribution in [3.05, 3.63) is 126 Å². The van der Waals surface area contributed by atoms with E-state index in [2.05, 4.69) is 14.8 Å². The maximum absolute atomic E-state index is 11.7. The molecule has 0 unspecified atom stereocenters. The molecule has 0 atom stereocenters. The summed E-state index contributed by atoms with van der Waals surface area (Å²) in [5.74, 6) is -0.0709. The zero-order valence-electron chi connectivity index (χ0n) is 20.7. The van der Waals surface area contributed by atoms with Crippen LogP contribution in [0.25, 0.3) is 44.7 Å². The lowest BCUT2D eigenvalue weighted by atomic mass is 9.98. The van der Waals surface area contributed by atoms with Gasteiger partial charge in [-0.1, -0.05) is 103 Å². The lowest BCUT2D eigenvalue weighted by Gasteiger charge is -2.12. The van der Waals surface area contributed by atoms with Crippen molar-refractivity contribution in [3.8, 4) is 33.6 Å². The summed E-state index contributed by atoms with van der Waals surface area (Å²) in [7, 11) is 0. The molecular formula is C32H24N4O2. The fourth-order valence-electron chi connectivity index (χ4n) is 4.83. The molecule has 0 saturated carbocycles. The Bertz CT molecular complexity index is 1760. The average molecular weight is 497 g/mol. The smallest absolute Gasteiger partial charge is 0.336 e. The van der Waals surface area contributed by atoms with E-state index in [-0.39, 0.29) is 5.56 Å². The Labute approximate surface area is 219 Å². The SMILES string of the molecule is Cc1nc2c(-c3ccccc3)nnc(-c3ccccc3)c2n1Cc1ccc(-c2ccccc2C(=O)O)cc1. The molecule has 2 heterocycles. The minimum atomic E-state index is -0.936. The van der Waals surface area contributed by atoms with Crippen LogP contribution >= 0.6 is 0 Å². The van der Waals surface area contributed by atoms with Crippen LogP contribution in [0, 0.1) is 6.92 Å². The minimum absolute atomic E-state index is 0.288. The average Bonchev–Trinajstić information content (AvgIpc) is 3.29. The Kier molecular flexibility index (Phi) is 5.98. The molecular weight excluding hydrogens is 472 g/mol. The van der Waals surface area contributed by atoms with E-state index in [4.69, 9.17) is 4.98 Å². The standard InChI is InChI=1S/C32H24N4O2/c1-21-33-30-28(24-10-4-2-5-11-24)34-35-29(25-12-6-3-7-13-25)31(30)36(21)20-22-16-18-23(19-17-22)26-14-8-9-15-27(26)32(37)38/h2-19H,20H2,1H3,(H,37,38). The topological polar surface area (TPSA) is 80.9 Å². The van der Waals surface area contributed by atoms with Crippen molar-refractivity contribution in [2.45, 2.75) is 13.5 Å². The molecule has 0 amide bonds. The number of carboxylic acid groups (broad SMARTS) is 1. The van der Waals surface area contributed by atoms with Crippen LogP contribution in [0.2, 0.25) is 0 Å². The van der Waals surface area contributed by atoms with E-state index in [0.717, 1.165) is 50.5 Å². The number of fused-ring (bicyclic) bond motifs is 1. The van der Waals surface area contributed by atoms with Gasteiger partial charge in [0.25, 0.3) is 0 Å². The molecule has 6 rings (SSSR count). The lowest BCUT2D eigenvalue weighted by molar-refractivity contribution is 0.0697. The second-order valence-electron chi connectivity index (χ2n) is 9.12. The maximum atomic E-state index is 11.7. The summed E-state index contributed by atoms with van der Waals surface area (Å²) >= 11 is 0. The van der Waals surface area contributed by atoms with Crippen molar-refractivity contribution in [2.24, 2.45) is 0 Å². The van der Waals surface area contributed by atoms with Gasteiger partial charge in [0.15, 0.2) is 0 Å². The number of carboxylic acids is 1. The number of rotatable bonds is 6. The van der Waals surface area contributed by atoms with Crippen molar-refractivity contribution in [2.75, 3.05) is 0 Å². The Hall–Kier alpha value is -5.10. The second-order valence-corrected chi connectivity index (χ2v) is 9.12. The molecule has 0 saturated heterocycles. The minimum Gasteiger partial charge on any atom is -0.478 e. The predicted octanol–water partition coefficient (Wildman–Crippen LogP) is 6.88. The molecule has 6 nitrogen and oxygen atoms in total. The summed E-state index contributed by atoms with van der Waals surface area (Å²) in [6.45, 7) is 2.59. The summed E-state index contributed by atoms with van der Waals surface area (Å²) < 4.78 is 2.18. The van der Waals surface area contributed by atoms with Crippen molar-refractivity contribution in [3.63, 3.8) is 0 Å². The van der Waals surface area contributed by atoms with E-state index < -0.39 is 5.97 Å². The molecule has 1 N–H and O–H groups in total. The molecule has 6 heteroatoms. The van der Waals surface area contributed by atoms with Crippen LogP contribution in [-0.4, -0.2) is 30.8 Å². The summed E-state index contributed by atoms with van der Waals surface area (Å²) in [5.41, 5.74) is 8.15. The molecule has 0 bridgehead atoms. The van der Waals surface area contributed by atoms with E-state index in [1.807, 2.05) is 104 Å². The second kappa shape index (κ2) is 9.75. The molecule has 0 aliphatic rings. The monoisotopic (exact) mass is 496 g/mol. The fraction of sp³-hybridized carbons (Fsp3) is 0.0625. The summed E-state index contributed by atoms with van der Waals surface area (Å²) in [4.78, 5) is 16.7. The number of benzene rings is 4. The van der Waals surface area contributed by atoms with Crippen LogP contribution in [0.15, 0.2) is 109 Å². The third-order valence-electron chi connectivity index (χ3n) is 6.71. The van der Waals surface area contributed by atoms with Gasteiger partial charge in [-0.3, -0.25) is 0 Å². The van der Waals surface area contributed by atoms with Crippen LogP contribution in [0.1, 0.15) is 21.7 Å². The Morgan fingerprint density at radius 3 is 1.95 bits per heavy atom. The van der Waals surface area contributed by atoms with E-state index in [9.17, 15) is 9.90 Å². The first kappa shape index (κ1) is 23.3. The van der Waals surface area contributed by atoms with Crippen molar-refractivity contribution >= 4 is 17.0 Å². The van der Waals surface area contributed by atoms with E-state index in [0.29, 0.717) is 12.1 Å². The van der Waals surface area contributed by atoms with Crippen molar-refractivity contribution in [1.29, 1.82) is 0 Å². The molecule has 0 aliphatic heterocycles. The third kappa shape index (κ3) is 4.22. The molecule has 6 aromatic rings. The van der Waals surface area contributed by atoms with E-state index in [1.165, 1.54) is 0 Å². The molecule has 4 aromatic carbocycles. The maximum Gasteiger partial charge on any atom is 0.336 e. The number of hydrogen-bond acceptors (Lipinski definition) is 4. The number of nitrogens with zero attached hydrogens (tertiary/aromatic N) is 4. The van der Waals surface area contributed by atoms with E-state index in [1.54, 1.807) is 12.1 Å². The van der Waals surface area contributed by atoms with Gasteiger partial charge in [0.1, 0.15) is 22.7 Å². The van der Waals surface area contributed by atoms with Crippen LogP contribution in [0.4, 0.5) is 0 Å². The first-order valence-electron chi connectivity index (χ1n) is 12.4. The summed E-state index contributed by atoms with van der Waals surface area (Å²) in [5, 5.41) is 18.9. The summed E-state index contributed by atoms with van der Waals surface area (Å²) in [6, 6.07) is 35.1. The number of imidazole rings is 1. The summed E-state index contributed by atoms with van der Waals surface area (Å²) in [6.07, 6.45) is 0. The van der Waals surface area contributed by atoms with Gasteiger partial charge in [0, 0.05) is 17.7 Å². The fourth-order valence-corrected chi connectivity index (χ4v) is 4.83. The van der Waals surface area contributed by atoms with Crippen LogP contribution < -0.4 is 0 Å². The van der Waals surface area contributed by atoms with Gasteiger partial charge in [-0.25, -0.2) is 9.78 Å². The van der Waals surface area contributed by atoms with Crippen LogP contribution in [0.5, 0.6) is 0 Å². The molecule has 0 spiro atoms. The highest BCUT2D eigenvalue weighted by Gasteiger charge is 2.20. The van der Waals surface area contributed by atoms with Gasteiger partial charge in [0.2, 0.25) is 0 Å². The highest BCUT2D eigenvalue weighted by atomic mass is 16.4. The van der Waals surface area contributed by atoms with Gasteiger partial charge in [-0.2, -0.15) is 0 Å². The Morgan fingerprint density at radius 2 is 1.29 bits per heavy atom. The quantitative estimate of drug-likeness (QED) is 0.272. The Morgan fingerprint density at radius 1 is 0.711 bits per heavy atom. The van der Waals surface area contributed by atoms with Gasteiger partial charge in [-0.05, 0) is 29.7 Å². The molecule has 38 heavy (non-hydrogen) atoms. The highest BCUT2D eigenvalue weighted by Crippen LogP contribution is 2.33. The van der Waals surface area contributed by atoms with E-state index >= 15 is 0 Å². The number of aromatic carboxylic acids is 1. The molecule has 0 fully saturated rings. The molecule has 2 aromatic heterocycles. The molecule has 184 valence electrons.